The largest absolute Gasteiger partial charge is 0.785 e. The fourth-order valence-electron chi connectivity index (χ4n) is 0.724. The summed E-state index contributed by atoms with van der Waals surface area (Å²) in [5.41, 5.74) is 1.23. The SMILES string of the molecule is CC([S-])c1ccccc1.[Re]. The van der Waals surface area contributed by atoms with Gasteiger partial charge in [-0.25, -0.2) is 0 Å². The Labute approximate surface area is 81.1 Å². The van der Waals surface area contributed by atoms with Crippen LogP contribution in [0.3, 0.4) is 0 Å². The van der Waals surface area contributed by atoms with Crippen LogP contribution in [0.25, 0.3) is 0 Å². The van der Waals surface area contributed by atoms with Crippen molar-refractivity contribution in [3.8, 4) is 0 Å². The van der Waals surface area contributed by atoms with Crippen molar-refractivity contribution >= 4 is 12.6 Å². The molecule has 1 rings (SSSR count). The average molecular weight is 323 g/mol. The van der Waals surface area contributed by atoms with Gasteiger partial charge in [-0.1, -0.05) is 42.8 Å². The second kappa shape index (κ2) is 4.96. The first-order valence-electron chi connectivity index (χ1n) is 3.01. The van der Waals surface area contributed by atoms with Crippen molar-refractivity contribution in [2.45, 2.75) is 12.2 Å². The summed E-state index contributed by atoms with van der Waals surface area (Å²) in [6.45, 7) is 2.02. The minimum absolute atomic E-state index is 0. The summed E-state index contributed by atoms with van der Waals surface area (Å²) in [7, 11) is 0. The zero-order valence-corrected chi connectivity index (χ0v) is 9.28. The van der Waals surface area contributed by atoms with E-state index in [1.54, 1.807) is 0 Å². The van der Waals surface area contributed by atoms with Gasteiger partial charge in [0.05, 0.1) is 0 Å². The number of hydrogen-bond acceptors (Lipinski definition) is 1. The van der Waals surface area contributed by atoms with Crippen molar-refractivity contribution in [2.75, 3.05) is 0 Å². The van der Waals surface area contributed by atoms with Gasteiger partial charge in [-0.3, -0.25) is 0 Å². The van der Waals surface area contributed by atoms with Gasteiger partial charge in [0.2, 0.25) is 0 Å². The predicted octanol–water partition coefficient (Wildman–Crippen LogP) is 2.29. The van der Waals surface area contributed by atoms with Gasteiger partial charge >= 0.3 is 0 Å². The standard InChI is InChI=1S/C8H10S.Re/c1-7(9)8-5-3-2-4-6-8;/h2-7,9H,1H3;/p-1. The molecule has 0 amide bonds. The van der Waals surface area contributed by atoms with Crippen LogP contribution < -0.4 is 0 Å². The van der Waals surface area contributed by atoms with E-state index < -0.39 is 0 Å². The molecule has 1 atom stereocenters. The van der Waals surface area contributed by atoms with Crippen molar-refractivity contribution in [1.29, 1.82) is 0 Å². The molecule has 0 saturated carbocycles. The van der Waals surface area contributed by atoms with E-state index in [4.69, 9.17) is 12.6 Å². The van der Waals surface area contributed by atoms with Crippen LogP contribution in [0.15, 0.2) is 30.3 Å². The fourth-order valence-corrected chi connectivity index (χ4v) is 0.881. The Kier molecular flexibility index (Phi) is 5.07. The van der Waals surface area contributed by atoms with Crippen LogP contribution in [0.4, 0.5) is 0 Å². The zero-order valence-electron chi connectivity index (χ0n) is 5.75. The topological polar surface area (TPSA) is 0 Å². The maximum absolute atomic E-state index is 5.05. The van der Waals surface area contributed by atoms with E-state index in [0.717, 1.165) is 0 Å². The molecule has 0 aliphatic heterocycles. The minimum atomic E-state index is 0. The Bertz CT molecular complexity index is 172. The van der Waals surface area contributed by atoms with Crippen LogP contribution in [0.5, 0.6) is 0 Å². The van der Waals surface area contributed by atoms with Crippen LogP contribution in [0.1, 0.15) is 17.7 Å². The van der Waals surface area contributed by atoms with Crippen LogP contribution >= 0.6 is 0 Å². The molecule has 0 heterocycles. The molecule has 0 aromatic heterocycles. The van der Waals surface area contributed by atoms with Crippen LogP contribution in [0.2, 0.25) is 0 Å². The molecule has 0 aliphatic rings. The molecule has 1 radical (unpaired) electrons. The minimum Gasteiger partial charge on any atom is -0.785 e. The van der Waals surface area contributed by atoms with Gasteiger partial charge in [0.1, 0.15) is 0 Å². The third-order valence-corrected chi connectivity index (χ3v) is 1.54. The molecule has 1 aromatic carbocycles. The second-order valence-corrected chi connectivity index (χ2v) is 2.76. The van der Waals surface area contributed by atoms with Gasteiger partial charge in [0.25, 0.3) is 0 Å². The smallest absolute Gasteiger partial charge is 0 e. The normalized spacial score (nSPS) is 11.8. The molecule has 0 bridgehead atoms. The molecule has 10 heavy (non-hydrogen) atoms. The Hall–Kier alpha value is 0.232. The summed E-state index contributed by atoms with van der Waals surface area (Å²) < 4.78 is 0. The summed E-state index contributed by atoms with van der Waals surface area (Å²) in [6, 6.07) is 10.1. The Morgan fingerprint density at radius 3 is 2.00 bits per heavy atom. The van der Waals surface area contributed by atoms with Crippen LogP contribution in [-0.4, -0.2) is 0 Å². The summed E-state index contributed by atoms with van der Waals surface area (Å²) in [5.74, 6) is 0. The van der Waals surface area contributed by atoms with Crippen molar-refractivity contribution < 1.29 is 20.4 Å². The number of hydrogen-bond donors (Lipinski definition) is 0. The molecule has 0 spiro atoms. The first-order valence-corrected chi connectivity index (χ1v) is 3.48. The van der Waals surface area contributed by atoms with Crippen LogP contribution in [0, 0.1) is 0 Å². The summed E-state index contributed by atoms with van der Waals surface area (Å²) in [5, 5.41) is 0.242. The molecule has 0 fully saturated rings. The monoisotopic (exact) mass is 324 g/mol. The van der Waals surface area contributed by atoms with Gasteiger partial charge < -0.3 is 12.6 Å². The molecule has 55 valence electrons. The Morgan fingerprint density at radius 1 is 1.20 bits per heavy atom. The molecule has 0 nitrogen and oxygen atoms in total. The molecular weight excluding hydrogens is 314 g/mol. The Balaban J connectivity index is 0.000000810. The Morgan fingerprint density at radius 2 is 1.70 bits per heavy atom. The predicted molar refractivity (Wildman–Crippen MR) is 42.2 cm³/mol. The van der Waals surface area contributed by atoms with Crippen molar-refractivity contribution in [3.63, 3.8) is 0 Å². The first kappa shape index (κ1) is 10.2. The molecule has 0 aliphatic carbocycles. The first-order chi connectivity index (χ1) is 4.30. The van der Waals surface area contributed by atoms with Gasteiger partial charge in [-0.2, -0.15) is 0 Å². The van der Waals surface area contributed by atoms with Gasteiger partial charge in [-0.05, 0) is 0 Å². The molecule has 0 N–H and O–H groups in total. The molecule has 0 saturated heterocycles. The molecular formula is C8H9ReS-. The summed E-state index contributed by atoms with van der Waals surface area (Å²) >= 11 is 5.05. The van der Waals surface area contributed by atoms with E-state index in [9.17, 15) is 0 Å². The maximum atomic E-state index is 5.05. The van der Waals surface area contributed by atoms with Gasteiger partial charge in [0, 0.05) is 20.4 Å². The third kappa shape index (κ3) is 2.88. The fraction of sp³-hybridized carbons (Fsp3) is 0.250. The number of rotatable bonds is 1. The van der Waals surface area contributed by atoms with Crippen LogP contribution in [-0.2, 0) is 33.1 Å². The molecule has 1 aromatic rings. The maximum Gasteiger partial charge on any atom is 0 e. The van der Waals surface area contributed by atoms with Gasteiger partial charge in [0.15, 0.2) is 0 Å². The number of benzene rings is 1. The molecule has 2 heteroatoms. The third-order valence-electron chi connectivity index (χ3n) is 1.27. The zero-order chi connectivity index (χ0) is 6.69. The van der Waals surface area contributed by atoms with Crippen molar-refractivity contribution in [3.05, 3.63) is 35.9 Å². The van der Waals surface area contributed by atoms with E-state index in [2.05, 4.69) is 12.1 Å². The van der Waals surface area contributed by atoms with E-state index in [-0.39, 0.29) is 25.7 Å². The molecule has 1 unspecified atom stereocenters. The van der Waals surface area contributed by atoms with Crippen molar-refractivity contribution in [1.82, 2.24) is 0 Å². The quantitative estimate of drug-likeness (QED) is 0.715. The van der Waals surface area contributed by atoms with Crippen molar-refractivity contribution in [2.24, 2.45) is 0 Å². The van der Waals surface area contributed by atoms with Gasteiger partial charge in [-0.15, -0.1) is 5.25 Å². The average Bonchev–Trinajstić information content (AvgIpc) is 1.90. The van der Waals surface area contributed by atoms with E-state index >= 15 is 0 Å². The van der Waals surface area contributed by atoms with E-state index in [1.165, 1.54) is 5.56 Å². The summed E-state index contributed by atoms with van der Waals surface area (Å²) in [6.07, 6.45) is 0. The second-order valence-electron chi connectivity index (χ2n) is 2.05. The summed E-state index contributed by atoms with van der Waals surface area (Å²) in [4.78, 5) is 0. The van der Waals surface area contributed by atoms with E-state index in [0.29, 0.717) is 0 Å². The van der Waals surface area contributed by atoms with E-state index in [1.807, 2.05) is 25.1 Å².